The summed E-state index contributed by atoms with van der Waals surface area (Å²) >= 11 is 0. The summed E-state index contributed by atoms with van der Waals surface area (Å²) in [6.07, 6.45) is 20.5. The van der Waals surface area contributed by atoms with Crippen LogP contribution in [0.2, 0.25) is 0 Å². The van der Waals surface area contributed by atoms with Crippen LogP contribution in [0, 0.1) is 5.92 Å². The zero-order valence-electron chi connectivity index (χ0n) is 13.2. The normalized spacial score (nSPS) is 16.7. The zero-order valence-corrected chi connectivity index (χ0v) is 13.2. The van der Waals surface area contributed by atoms with Gasteiger partial charge in [0.05, 0.1) is 6.10 Å². The van der Waals surface area contributed by atoms with Crippen LogP contribution in [0.4, 0.5) is 0 Å². The minimum absolute atomic E-state index is 0.0307. The van der Waals surface area contributed by atoms with Crippen LogP contribution in [0.5, 0.6) is 0 Å². The first-order valence-electron chi connectivity index (χ1n) is 9.02. The third kappa shape index (κ3) is 10.4. The Bertz CT molecular complexity index is 186. The highest BCUT2D eigenvalue weighted by atomic mass is 16.3. The molecule has 1 N–H and O–H groups in total. The number of aliphatic hydroxyl groups is 1. The molecule has 1 rings (SSSR count). The largest absolute Gasteiger partial charge is 0.393 e. The van der Waals surface area contributed by atoms with E-state index in [-0.39, 0.29) is 6.10 Å². The fourth-order valence-corrected chi connectivity index (χ4v) is 2.91. The van der Waals surface area contributed by atoms with Crippen molar-refractivity contribution in [3.63, 3.8) is 0 Å². The van der Waals surface area contributed by atoms with Gasteiger partial charge in [0.25, 0.3) is 0 Å². The van der Waals surface area contributed by atoms with Gasteiger partial charge in [0.2, 0.25) is 0 Å². The Kier molecular flexibility index (Phi) is 10.5. The highest BCUT2D eigenvalue weighted by molar-refractivity contribution is 4.80. The van der Waals surface area contributed by atoms with Gasteiger partial charge in [-0.05, 0) is 25.2 Å². The molecule has 0 heterocycles. The van der Waals surface area contributed by atoms with E-state index in [9.17, 15) is 5.11 Å². The Morgan fingerprint density at radius 1 is 0.737 bits per heavy atom. The predicted octanol–water partition coefficient (Wildman–Crippen LogP) is 5.85. The van der Waals surface area contributed by atoms with Crippen LogP contribution in [0.3, 0.4) is 0 Å². The smallest absolute Gasteiger partial charge is 0.0568 e. The van der Waals surface area contributed by atoms with E-state index in [0.29, 0.717) is 5.92 Å². The molecule has 114 valence electrons. The molecule has 1 aliphatic rings. The van der Waals surface area contributed by atoms with E-state index in [1.807, 2.05) is 0 Å². The molecule has 1 heteroatoms. The third-order valence-electron chi connectivity index (χ3n) is 4.52. The summed E-state index contributed by atoms with van der Waals surface area (Å²) in [5, 5.41) is 9.75. The molecule has 0 aromatic heterocycles. The quantitative estimate of drug-likeness (QED) is 0.392. The van der Waals surface area contributed by atoms with Gasteiger partial charge in [0.1, 0.15) is 0 Å². The summed E-state index contributed by atoms with van der Waals surface area (Å²) in [5.74, 6) is 0.674. The Balaban J connectivity index is 1.67. The molecule has 0 bridgehead atoms. The van der Waals surface area contributed by atoms with E-state index in [2.05, 4.69) is 6.92 Å². The number of rotatable bonds is 14. The lowest BCUT2D eigenvalue weighted by Crippen LogP contribution is -2.08. The number of hydrogen-bond acceptors (Lipinski definition) is 1. The maximum Gasteiger partial charge on any atom is 0.0568 e. The van der Waals surface area contributed by atoms with Crippen molar-refractivity contribution in [1.82, 2.24) is 0 Å². The molecule has 0 radical (unpaired) electrons. The topological polar surface area (TPSA) is 20.2 Å². The molecular formula is C18H36O. The predicted molar refractivity (Wildman–Crippen MR) is 84.4 cm³/mol. The van der Waals surface area contributed by atoms with Gasteiger partial charge in [0, 0.05) is 0 Å². The first-order chi connectivity index (χ1) is 9.34. The van der Waals surface area contributed by atoms with E-state index < -0.39 is 0 Å². The van der Waals surface area contributed by atoms with Crippen LogP contribution in [0.15, 0.2) is 0 Å². The average molecular weight is 268 g/mol. The molecular weight excluding hydrogens is 232 g/mol. The highest BCUT2D eigenvalue weighted by Crippen LogP contribution is 2.34. The molecule has 19 heavy (non-hydrogen) atoms. The summed E-state index contributed by atoms with van der Waals surface area (Å²) in [5.41, 5.74) is 0. The number of unbranched alkanes of at least 4 members (excludes halogenated alkanes) is 11. The summed E-state index contributed by atoms with van der Waals surface area (Å²) in [6.45, 7) is 2.28. The first-order valence-corrected chi connectivity index (χ1v) is 9.02. The van der Waals surface area contributed by atoms with Crippen molar-refractivity contribution < 1.29 is 5.11 Å². The monoisotopic (exact) mass is 268 g/mol. The second-order valence-corrected chi connectivity index (χ2v) is 6.58. The van der Waals surface area contributed by atoms with Crippen LogP contribution in [-0.4, -0.2) is 11.2 Å². The summed E-state index contributed by atoms with van der Waals surface area (Å²) in [4.78, 5) is 0. The molecule has 0 aromatic rings. The van der Waals surface area contributed by atoms with Gasteiger partial charge in [-0.15, -0.1) is 0 Å². The summed E-state index contributed by atoms with van der Waals surface area (Å²) < 4.78 is 0. The minimum Gasteiger partial charge on any atom is -0.393 e. The van der Waals surface area contributed by atoms with Crippen molar-refractivity contribution in [3.05, 3.63) is 0 Å². The lowest BCUT2D eigenvalue weighted by molar-refractivity contribution is 0.138. The van der Waals surface area contributed by atoms with Crippen LogP contribution in [-0.2, 0) is 0 Å². The van der Waals surface area contributed by atoms with Gasteiger partial charge in [-0.2, -0.15) is 0 Å². The lowest BCUT2D eigenvalue weighted by atomic mass is 10.0. The van der Waals surface area contributed by atoms with E-state index in [0.717, 1.165) is 6.42 Å². The maximum atomic E-state index is 9.75. The van der Waals surface area contributed by atoms with Gasteiger partial charge in [-0.1, -0.05) is 84.0 Å². The van der Waals surface area contributed by atoms with Crippen molar-refractivity contribution in [2.45, 2.75) is 109 Å². The second-order valence-electron chi connectivity index (χ2n) is 6.58. The third-order valence-corrected chi connectivity index (χ3v) is 4.52. The van der Waals surface area contributed by atoms with Crippen molar-refractivity contribution >= 4 is 0 Å². The van der Waals surface area contributed by atoms with Gasteiger partial charge in [-0.25, -0.2) is 0 Å². The molecule has 1 atom stereocenters. The molecule has 0 saturated heterocycles. The van der Waals surface area contributed by atoms with Crippen LogP contribution in [0.1, 0.15) is 103 Å². The van der Waals surface area contributed by atoms with Crippen molar-refractivity contribution in [2.24, 2.45) is 5.92 Å². The van der Waals surface area contributed by atoms with E-state index >= 15 is 0 Å². The molecule has 1 nitrogen and oxygen atoms in total. The Morgan fingerprint density at radius 2 is 1.16 bits per heavy atom. The first kappa shape index (κ1) is 17.0. The van der Waals surface area contributed by atoms with E-state index in [4.69, 9.17) is 0 Å². The van der Waals surface area contributed by atoms with E-state index in [1.165, 1.54) is 89.9 Å². The van der Waals surface area contributed by atoms with Gasteiger partial charge < -0.3 is 5.11 Å². The molecule has 1 saturated carbocycles. The molecule has 1 fully saturated rings. The molecule has 1 aliphatic carbocycles. The molecule has 0 amide bonds. The van der Waals surface area contributed by atoms with Crippen molar-refractivity contribution in [3.8, 4) is 0 Å². The lowest BCUT2D eigenvalue weighted by Gasteiger charge is -2.08. The van der Waals surface area contributed by atoms with Crippen LogP contribution < -0.4 is 0 Å². The fraction of sp³-hybridized carbons (Fsp3) is 1.00. The van der Waals surface area contributed by atoms with Gasteiger partial charge in [-0.3, -0.25) is 0 Å². The average Bonchev–Trinajstić information content (AvgIpc) is 3.24. The highest BCUT2D eigenvalue weighted by Gasteiger charge is 2.28. The van der Waals surface area contributed by atoms with Gasteiger partial charge >= 0.3 is 0 Å². The maximum absolute atomic E-state index is 9.75. The minimum atomic E-state index is 0.0307. The van der Waals surface area contributed by atoms with Crippen molar-refractivity contribution in [2.75, 3.05) is 0 Å². The summed E-state index contributed by atoms with van der Waals surface area (Å²) in [6, 6.07) is 0. The standard InChI is InChI=1S/C18H36O/c1-2-3-4-5-6-7-8-9-10-11-12-13-14-18(19)17-15-16-17/h17-19H,2-16H2,1H3. The molecule has 1 unspecified atom stereocenters. The number of hydrogen-bond donors (Lipinski definition) is 1. The van der Waals surface area contributed by atoms with Crippen molar-refractivity contribution in [1.29, 1.82) is 0 Å². The fourth-order valence-electron chi connectivity index (χ4n) is 2.91. The second kappa shape index (κ2) is 11.8. The SMILES string of the molecule is CCCCCCCCCCCCCCC(O)C1CC1. The van der Waals surface area contributed by atoms with E-state index in [1.54, 1.807) is 0 Å². The van der Waals surface area contributed by atoms with Crippen LogP contribution in [0.25, 0.3) is 0 Å². The molecule has 0 aliphatic heterocycles. The Morgan fingerprint density at radius 3 is 1.58 bits per heavy atom. The molecule has 0 spiro atoms. The summed E-state index contributed by atoms with van der Waals surface area (Å²) in [7, 11) is 0. The van der Waals surface area contributed by atoms with Gasteiger partial charge in [0.15, 0.2) is 0 Å². The number of aliphatic hydroxyl groups excluding tert-OH is 1. The molecule has 0 aromatic carbocycles. The Hall–Kier alpha value is -0.0400. The zero-order chi connectivity index (χ0) is 13.8. The Labute approximate surface area is 121 Å². The van der Waals surface area contributed by atoms with Crippen LogP contribution >= 0.6 is 0 Å².